The minimum absolute atomic E-state index is 0.00759. The highest BCUT2D eigenvalue weighted by Crippen LogP contribution is 2.21. The van der Waals surface area contributed by atoms with Crippen LogP contribution in [0.4, 0.5) is 0 Å². The van der Waals surface area contributed by atoms with Gasteiger partial charge in [-0.2, -0.15) is 0 Å². The molecule has 0 bridgehead atoms. The highest BCUT2D eigenvalue weighted by atomic mass is 32.1. The van der Waals surface area contributed by atoms with Crippen LogP contribution < -0.4 is 5.32 Å². The van der Waals surface area contributed by atoms with Crippen LogP contribution in [0.2, 0.25) is 0 Å². The van der Waals surface area contributed by atoms with E-state index < -0.39 is 0 Å². The summed E-state index contributed by atoms with van der Waals surface area (Å²) in [6.45, 7) is 2.13. The quantitative estimate of drug-likeness (QED) is 0.638. The lowest BCUT2D eigenvalue weighted by Gasteiger charge is -1.95. The fourth-order valence-electron chi connectivity index (χ4n) is 1.50. The Morgan fingerprint density at radius 2 is 2.29 bits per heavy atom. The number of amides is 1. The molecule has 0 aliphatic rings. The van der Waals surface area contributed by atoms with Gasteiger partial charge in [-0.05, 0) is 29.0 Å². The van der Waals surface area contributed by atoms with Crippen molar-refractivity contribution in [2.45, 2.75) is 13.3 Å². The lowest BCUT2D eigenvalue weighted by Crippen LogP contribution is -2.20. The lowest BCUT2D eigenvalue weighted by atomic mass is 10.2. The molecule has 17 heavy (non-hydrogen) atoms. The Kier molecular flexibility index (Phi) is 3.79. The zero-order valence-corrected chi connectivity index (χ0v) is 10.4. The van der Waals surface area contributed by atoms with E-state index in [1.54, 1.807) is 11.3 Å². The normalized spacial score (nSPS) is 9.71. The zero-order valence-electron chi connectivity index (χ0n) is 9.62. The van der Waals surface area contributed by atoms with E-state index in [0.29, 0.717) is 13.0 Å². The lowest BCUT2D eigenvalue weighted by molar-refractivity contribution is -0.118. The van der Waals surface area contributed by atoms with Crippen molar-refractivity contribution in [3.8, 4) is 11.8 Å². The molecule has 0 fully saturated rings. The fraction of sp³-hybridized carbons (Fsp3) is 0.214. The molecule has 0 spiro atoms. The second-order valence-corrected chi connectivity index (χ2v) is 4.66. The number of hydrogen-bond acceptors (Lipinski definition) is 2. The maximum absolute atomic E-state index is 10.6. The van der Waals surface area contributed by atoms with Crippen LogP contribution in [-0.2, 0) is 4.79 Å². The predicted molar refractivity (Wildman–Crippen MR) is 72.0 cm³/mol. The molecule has 0 radical (unpaired) electrons. The Hall–Kier alpha value is -1.79. The first-order valence-corrected chi connectivity index (χ1v) is 6.34. The summed E-state index contributed by atoms with van der Waals surface area (Å²) < 4.78 is 1.26. The minimum Gasteiger partial charge on any atom is -0.355 e. The number of carbonyl (C=O) groups is 1. The number of fused-ring (bicyclic) bond motifs is 1. The standard InChI is InChI=1S/C14H13NOS/c1-11(16)15-8-3-2-4-12-5-6-13-7-9-17-14(13)10-12/h5-7,9-10H,3,8H2,1H3,(H,15,16). The molecule has 2 rings (SSSR count). The Balaban J connectivity index is 1.98. The van der Waals surface area contributed by atoms with Gasteiger partial charge in [0.05, 0.1) is 0 Å². The van der Waals surface area contributed by atoms with Gasteiger partial charge in [0.25, 0.3) is 0 Å². The van der Waals surface area contributed by atoms with E-state index in [0.717, 1.165) is 5.56 Å². The molecule has 0 aliphatic carbocycles. The van der Waals surface area contributed by atoms with Gasteiger partial charge in [-0.1, -0.05) is 17.9 Å². The predicted octanol–water partition coefficient (Wildman–Crippen LogP) is 2.78. The second kappa shape index (κ2) is 5.51. The first kappa shape index (κ1) is 11.7. The summed E-state index contributed by atoms with van der Waals surface area (Å²) in [6.07, 6.45) is 0.683. The summed E-state index contributed by atoms with van der Waals surface area (Å²) in [6, 6.07) is 8.32. The van der Waals surface area contributed by atoms with E-state index in [9.17, 15) is 4.79 Å². The van der Waals surface area contributed by atoms with Gasteiger partial charge in [0.2, 0.25) is 5.91 Å². The van der Waals surface area contributed by atoms with Crippen LogP contribution in [0.5, 0.6) is 0 Å². The molecule has 0 unspecified atom stereocenters. The average molecular weight is 243 g/mol. The number of thiophene rings is 1. The molecule has 0 saturated heterocycles. The van der Waals surface area contributed by atoms with Gasteiger partial charge in [-0.15, -0.1) is 11.3 Å². The highest BCUT2D eigenvalue weighted by Gasteiger charge is 1.94. The van der Waals surface area contributed by atoms with Crippen LogP contribution in [0.3, 0.4) is 0 Å². The topological polar surface area (TPSA) is 29.1 Å². The molecule has 1 aromatic carbocycles. The van der Waals surface area contributed by atoms with Crippen molar-refractivity contribution in [2.75, 3.05) is 6.54 Å². The van der Waals surface area contributed by atoms with Gasteiger partial charge in [-0.25, -0.2) is 0 Å². The van der Waals surface area contributed by atoms with Crippen molar-refractivity contribution < 1.29 is 4.79 Å². The molecule has 2 nitrogen and oxygen atoms in total. The molecule has 0 saturated carbocycles. The maximum Gasteiger partial charge on any atom is 0.216 e. The molecule has 1 aromatic heterocycles. The average Bonchev–Trinajstić information content (AvgIpc) is 2.75. The van der Waals surface area contributed by atoms with E-state index in [1.165, 1.54) is 17.0 Å². The van der Waals surface area contributed by atoms with E-state index in [4.69, 9.17) is 0 Å². The van der Waals surface area contributed by atoms with Gasteiger partial charge >= 0.3 is 0 Å². The third kappa shape index (κ3) is 3.33. The van der Waals surface area contributed by atoms with E-state index in [2.05, 4.69) is 40.7 Å². The summed E-state index contributed by atoms with van der Waals surface area (Å²) in [7, 11) is 0. The minimum atomic E-state index is -0.00759. The van der Waals surface area contributed by atoms with Gasteiger partial charge in [-0.3, -0.25) is 4.79 Å². The Morgan fingerprint density at radius 1 is 1.41 bits per heavy atom. The maximum atomic E-state index is 10.6. The molecule has 0 aliphatic heterocycles. The Bertz CT molecular complexity index is 589. The third-order valence-electron chi connectivity index (χ3n) is 2.31. The van der Waals surface area contributed by atoms with Crippen molar-refractivity contribution in [1.29, 1.82) is 0 Å². The second-order valence-electron chi connectivity index (χ2n) is 3.71. The molecule has 86 valence electrons. The van der Waals surface area contributed by atoms with Crippen LogP contribution in [0.25, 0.3) is 10.1 Å². The Morgan fingerprint density at radius 3 is 3.12 bits per heavy atom. The molecular weight excluding hydrogens is 230 g/mol. The molecular formula is C14H13NOS. The van der Waals surface area contributed by atoms with E-state index in [1.807, 2.05) is 6.07 Å². The van der Waals surface area contributed by atoms with Crippen LogP contribution in [0.1, 0.15) is 18.9 Å². The highest BCUT2D eigenvalue weighted by molar-refractivity contribution is 7.17. The smallest absolute Gasteiger partial charge is 0.216 e. The summed E-state index contributed by atoms with van der Waals surface area (Å²) in [5.41, 5.74) is 1.03. The van der Waals surface area contributed by atoms with E-state index in [-0.39, 0.29) is 5.91 Å². The fourth-order valence-corrected chi connectivity index (χ4v) is 2.33. The van der Waals surface area contributed by atoms with Crippen molar-refractivity contribution in [3.63, 3.8) is 0 Å². The van der Waals surface area contributed by atoms with Gasteiger partial charge in [0, 0.05) is 30.2 Å². The van der Waals surface area contributed by atoms with Crippen LogP contribution in [0, 0.1) is 11.8 Å². The monoisotopic (exact) mass is 243 g/mol. The number of benzene rings is 1. The summed E-state index contributed by atoms with van der Waals surface area (Å²) >= 11 is 1.72. The number of nitrogens with one attached hydrogen (secondary N) is 1. The molecule has 2 aromatic rings. The number of rotatable bonds is 2. The molecule has 1 N–H and O–H groups in total. The third-order valence-corrected chi connectivity index (χ3v) is 3.19. The van der Waals surface area contributed by atoms with Crippen LogP contribution in [-0.4, -0.2) is 12.5 Å². The van der Waals surface area contributed by atoms with Crippen molar-refractivity contribution >= 4 is 27.3 Å². The van der Waals surface area contributed by atoms with Crippen molar-refractivity contribution in [2.24, 2.45) is 0 Å². The number of carbonyl (C=O) groups excluding carboxylic acids is 1. The van der Waals surface area contributed by atoms with Crippen LogP contribution in [0.15, 0.2) is 29.6 Å². The van der Waals surface area contributed by atoms with Crippen molar-refractivity contribution in [3.05, 3.63) is 35.2 Å². The zero-order chi connectivity index (χ0) is 12.1. The molecule has 1 amide bonds. The molecule has 0 atom stereocenters. The van der Waals surface area contributed by atoms with Gasteiger partial charge < -0.3 is 5.32 Å². The summed E-state index contributed by atoms with van der Waals surface area (Å²) in [5.74, 6) is 6.15. The van der Waals surface area contributed by atoms with Gasteiger partial charge in [0.1, 0.15) is 0 Å². The SMILES string of the molecule is CC(=O)NCCC#Cc1ccc2ccsc2c1. The van der Waals surface area contributed by atoms with Gasteiger partial charge in [0.15, 0.2) is 0 Å². The van der Waals surface area contributed by atoms with Crippen LogP contribution >= 0.6 is 11.3 Å². The summed E-state index contributed by atoms with van der Waals surface area (Å²) in [5, 5.41) is 6.06. The first-order valence-electron chi connectivity index (χ1n) is 5.46. The number of hydrogen-bond donors (Lipinski definition) is 1. The summed E-state index contributed by atoms with van der Waals surface area (Å²) in [4.78, 5) is 10.6. The van der Waals surface area contributed by atoms with E-state index >= 15 is 0 Å². The van der Waals surface area contributed by atoms with Crippen molar-refractivity contribution in [1.82, 2.24) is 5.32 Å². The largest absolute Gasteiger partial charge is 0.355 e. The first-order chi connectivity index (χ1) is 8.25. The molecule has 3 heteroatoms. The Labute approximate surface area is 105 Å². The molecule has 1 heterocycles.